The Kier molecular flexibility index (Phi) is 4.20. The Balaban J connectivity index is 1.40. The van der Waals surface area contributed by atoms with Crippen molar-refractivity contribution < 1.29 is 9.21 Å². The number of fused-ring (bicyclic) bond motifs is 3. The summed E-state index contributed by atoms with van der Waals surface area (Å²) in [4.78, 5) is 22.3. The molecule has 1 N–H and O–H groups in total. The lowest BCUT2D eigenvalue weighted by Crippen LogP contribution is -2.23. The van der Waals surface area contributed by atoms with Gasteiger partial charge in [0.1, 0.15) is 17.4 Å². The quantitative estimate of drug-likeness (QED) is 0.417. The third kappa shape index (κ3) is 3.10. The number of carbonyl (C=O) groups excluding carboxylic acids is 1. The minimum atomic E-state index is 0.184. The van der Waals surface area contributed by atoms with E-state index in [1.165, 1.54) is 6.33 Å². The van der Waals surface area contributed by atoms with Crippen LogP contribution in [0.2, 0.25) is 0 Å². The summed E-state index contributed by atoms with van der Waals surface area (Å²) in [7, 11) is 0. The van der Waals surface area contributed by atoms with Crippen LogP contribution in [0.1, 0.15) is 25.3 Å². The number of nitrogens with zero attached hydrogens (tertiary/aromatic N) is 4. The van der Waals surface area contributed by atoms with Gasteiger partial charge in [-0.15, -0.1) is 0 Å². The average molecular weight is 385 g/mol. The molecule has 2 aromatic carbocycles. The van der Waals surface area contributed by atoms with Crippen molar-refractivity contribution in [2.45, 2.75) is 19.8 Å². The van der Waals surface area contributed by atoms with Gasteiger partial charge in [0.2, 0.25) is 5.91 Å². The predicted molar refractivity (Wildman–Crippen MR) is 113 cm³/mol. The van der Waals surface area contributed by atoms with Crippen molar-refractivity contribution in [3.8, 4) is 0 Å². The molecular formula is C22H19N5O2. The molecule has 1 saturated heterocycles. The van der Waals surface area contributed by atoms with Crippen LogP contribution in [0.15, 0.2) is 64.4 Å². The van der Waals surface area contributed by atoms with Crippen LogP contribution in [0.25, 0.3) is 22.1 Å². The first-order chi connectivity index (χ1) is 14.2. The highest BCUT2D eigenvalue weighted by Gasteiger charge is 2.21. The van der Waals surface area contributed by atoms with Crippen LogP contribution in [-0.2, 0) is 4.79 Å². The molecule has 0 radical (unpaired) electrons. The maximum Gasteiger partial charge on any atom is 0.227 e. The maximum atomic E-state index is 11.9. The zero-order valence-corrected chi connectivity index (χ0v) is 15.9. The zero-order chi connectivity index (χ0) is 19.8. The van der Waals surface area contributed by atoms with E-state index < -0.39 is 0 Å². The number of aromatic nitrogens is 2. The van der Waals surface area contributed by atoms with Gasteiger partial charge in [-0.05, 0) is 43.2 Å². The van der Waals surface area contributed by atoms with E-state index in [0.717, 1.165) is 46.4 Å². The lowest BCUT2D eigenvalue weighted by Gasteiger charge is -2.15. The summed E-state index contributed by atoms with van der Waals surface area (Å²) in [5, 5.41) is 5.41. The van der Waals surface area contributed by atoms with Crippen LogP contribution in [-0.4, -0.2) is 28.1 Å². The van der Waals surface area contributed by atoms with E-state index in [1.807, 2.05) is 60.4 Å². The molecule has 144 valence electrons. The fourth-order valence-corrected chi connectivity index (χ4v) is 3.61. The number of hydrogen-bond donors (Lipinski definition) is 1. The lowest BCUT2D eigenvalue weighted by atomic mass is 10.1. The van der Waals surface area contributed by atoms with Crippen molar-refractivity contribution in [2.75, 3.05) is 16.9 Å². The fourth-order valence-electron chi connectivity index (χ4n) is 3.61. The van der Waals surface area contributed by atoms with Gasteiger partial charge in [-0.1, -0.05) is 24.3 Å². The highest BCUT2D eigenvalue weighted by Crippen LogP contribution is 2.30. The molecule has 0 unspecified atom stereocenters. The molecule has 29 heavy (non-hydrogen) atoms. The van der Waals surface area contributed by atoms with Crippen molar-refractivity contribution in [1.82, 2.24) is 9.97 Å². The van der Waals surface area contributed by atoms with Gasteiger partial charge in [-0.25, -0.2) is 9.97 Å². The van der Waals surface area contributed by atoms with Crippen molar-refractivity contribution in [1.29, 1.82) is 0 Å². The monoisotopic (exact) mass is 385 g/mol. The van der Waals surface area contributed by atoms with Gasteiger partial charge >= 0.3 is 0 Å². The molecule has 0 bridgehead atoms. The molecule has 0 aliphatic carbocycles. The second-order valence-electron chi connectivity index (χ2n) is 7.00. The normalized spacial score (nSPS) is 14.9. The van der Waals surface area contributed by atoms with Crippen molar-refractivity contribution in [3.05, 3.63) is 60.4 Å². The van der Waals surface area contributed by atoms with E-state index in [4.69, 9.17) is 4.42 Å². The SMILES string of the molecule is C/C(=N/Nc1ncnc2c1oc1ccccc12)c1ccc(N2CCCC2=O)cc1. The van der Waals surface area contributed by atoms with Crippen molar-refractivity contribution >= 4 is 45.2 Å². The topological polar surface area (TPSA) is 83.6 Å². The molecular weight excluding hydrogens is 366 g/mol. The number of para-hydroxylation sites is 1. The maximum absolute atomic E-state index is 11.9. The number of carbonyl (C=O) groups is 1. The Morgan fingerprint density at radius 2 is 1.97 bits per heavy atom. The molecule has 0 saturated carbocycles. The molecule has 1 aliphatic rings. The van der Waals surface area contributed by atoms with Gasteiger partial charge in [-0.2, -0.15) is 5.10 Å². The van der Waals surface area contributed by atoms with E-state index in [0.29, 0.717) is 17.8 Å². The molecule has 7 nitrogen and oxygen atoms in total. The summed E-state index contributed by atoms with van der Waals surface area (Å²) in [6, 6.07) is 15.6. The van der Waals surface area contributed by atoms with Gasteiger partial charge in [0.05, 0.1) is 5.71 Å². The summed E-state index contributed by atoms with van der Waals surface area (Å²) in [6.45, 7) is 2.70. The highest BCUT2D eigenvalue weighted by atomic mass is 16.3. The second kappa shape index (κ2) is 7.01. The Morgan fingerprint density at radius 3 is 2.76 bits per heavy atom. The lowest BCUT2D eigenvalue weighted by molar-refractivity contribution is -0.117. The third-order valence-electron chi connectivity index (χ3n) is 5.16. The molecule has 2 aromatic heterocycles. The smallest absolute Gasteiger partial charge is 0.227 e. The molecule has 1 fully saturated rings. The largest absolute Gasteiger partial charge is 0.450 e. The van der Waals surface area contributed by atoms with E-state index >= 15 is 0 Å². The van der Waals surface area contributed by atoms with E-state index in [-0.39, 0.29) is 5.91 Å². The first-order valence-electron chi connectivity index (χ1n) is 9.54. The van der Waals surface area contributed by atoms with Crippen LogP contribution in [0.4, 0.5) is 11.5 Å². The minimum absolute atomic E-state index is 0.184. The molecule has 5 rings (SSSR count). The fraction of sp³-hybridized carbons (Fsp3) is 0.182. The molecule has 7 heteroatoms. The third-order valence-corrected chi connectivity index (χ3v) is 5.16. The van der Waals surface area contributed by atoms with Gasteiger partial charge in [0, 0.05) is 24.0 Å². The molecule has 1 aliphatic heterocycles. The number of anilines is 2. The average Bonchev–Trinajstić information content (AvgIpc) is 3.36. The number of hydrogen-bond acceptors (Lipinski definition) is 6. The summed E-state index contributed by atoms with van der Waals surface area (Å²) in [5.74, 6) is 0.702. The van der Waals surface area contributed by atoms with Crippen LogP contribution in [0, 0.1) is 0 Å². The standard InChI is InChI=1S/C22H19N5O2/c1-14(15-8-10-16(11-9-15)27-12-4-7-19(27)28)25-26-22-21-20(23-13-24-22)17-5-2-3-6-18(17)29-21/h2-3,5-6,8-11,13H,4,7,12H2,1H3,(H,23,24,26)/b25-14-. The van der Waals surface area contributed by atoms with Crippen LogP contribution < -0.4 is 10.3 Å². The van der Waals surface area contributed by atoms with Gasteiger partial charge < -0.3 is 9.32 Å². The van der Waals surface area contributed by atoms with Gasteiger partial charge in [0.25, 0.3) is 0 Å². The Labute approximate surface area is 167 Å². The number of benzene rings is 2. The summed E-state index contributed by atoms with van der Waals surface area (Å²) in [6.07, 6.45) is 3.04. The zero-order valence-electron chi connectivity index (χ0n) is 15.9. The predicted octanol–water partition coefficient (Wildman–Crippen LogP) is 4.34. The first-order valence-corrected chi connectivity index (χ1v) is 9.54. The number of amides is 1. The number of furan rings is 1. The molecule has 4 aromatic rings. The minimum Gasteiger partial charge on any atom is -0.450 e. The Bertz CT molecular complexity index is 1240. The Hall–Kier alpha value is -3.74. The van der Waals surface area contributed by atoms with E-state index in [1.54, 1.807) is 0 Å². The van der Waals surface area contributed by atoms with Gasteiger partial charge in [0.15, 0.2) is 11.4 Å². The van der Waals surface area contributed by atoms with Crippen molar-refractivity contribution in [2.24, 2.45) is 5.10 Å². The second-order valence-corrected chi connectivity index (χ2v) is 7.00. The molecule has 1 amide bonds. The summed E-state index contributed by atoms with van der Waals surface area (Å²) in [5.41, 5.74) is 7.78. The van der Waals surface area contributed by atoms with Crippen LogP contribution >= 0.6 is 0 Å². The summed E-state index contributed by atoms with van der Waals surface area (Å²) >= 11 is 0. The summed E-state index contributed by atoms with van der Waals surface area (Å²) < 4.78 is 5.91. The molecule has 3 heterocycles. The van der Waals surface area contributed by atoms with Crippen molar-refractivity contribution in [3.63, 3.8) is 0 Å². The number of rotatable bonds is 4. The molecule has 0 atom stereocenters. The first kappa shape index (κ1) is 17.4. The van der Waals surface area contributed by atoms with Crippen LogP contribution in [0.3, 0.4) is 0 Å². The van der Waals surface area contributed by atoms with Gasteiger partial charge in [-0.3, -0.25) is 10.2 Å². The number of hydrazone groups is 1. The van der Waals surface area contributed by atoms with E-state index in [9.17, 15) is 4.79 Å². The highest BCUT2D eigenvalue weighted by molar-refractivity contribution is 6.06. The Morgan fingerprint density at radius 1 is 1.14 bits per heavy atom. The van der Waals surface area contributed by atoms with Crippen LogP contribution in [0.5, 0.6) is 0 Å². The number of nitrogens with one attached hydrogen (secondary N) is 1. The van der Waals surface area contributed by atoms with E-state index in [2.05, 4.69) is 20.5 Å². The molecule has 0 spiro atoms.